The van der Waals surface area contributed by atoms with Crippen molar-refractivity contribution in [1.29, 1.82) is 0 Å². The number of carbonyl (C=O) groups is 1. The van der Waals surface area contributed by atoms with Crippen LogP contribution in [0.25, 0.3) is 0 Å². The van der Waals surface area contributed by atoms with Gasteiger partial charge in [-0.2, -0.15) is 0 Å². The highest BCUT2D eigenvalue weighted by Crippen LogP contribution is 2.30. The third-order valence-electron chi connectivity index (χ3n) is 3.96. The molecule has 10 heteroatoms. The Hall–Kier alpha value is -1.77. The summed E-state index contributed by atoms with van der Waals surface area (Å²) in [5.41, 5.74) is 0.592. The molecule has 1 amide bonds. The fourth-order valence-electron chi connectivity index (χ4n) is 2.62. The first-order valence-corrected chi connectivity index (χ1v) is 11.8. The Morgan fingerprint density at radius 2 is 1.57 bits per heavy atom. The van der Waals surface area contributed by atoms with E-state index in [0.717, 1.165) is 4.31 Å². The summed E-state index contributed by atoms with van der Waals surface area (Å²) in [6, 6.07) is 17.0. The Morgan fingerprint density at radius 3 is 2.17 bits per heavy atom. The van der Waals surface area contributed by atoms with Crippen LogP contribution in [0.4, 0.5) is 11.4 Å². The van der Waals surface area contributed by atoms with Gasteiger partial charge in [-0.05, 0) is 64.5 Å². The molecule has 0 radical (unpaired) electrons. The van der Waals surface area contributed by atoms with Gasteiger partial charge in [0.1, 0.15) is 6.54 Å². The lowest BCUT2D eigenvalue weighted by atomic mass is 10.3. The average molecular weight is 549 g/mol. The SMILES string of the molecule is O=C(CN(c1cc(Cl)cc(Cl)c1)S(=O)(=O)c1ccccc1)Nc1ccc(Br)c(Cl)c1. The quantitative estimate of drug-likeness (QED) is 0.396. The maximum atomic E-state index is 13.3. The number of nitrogens with zero attached hydrogens (tertiary/aromatic N) is 1. The maximum Gasteiger partial charge on any atom is 0.264 e. The van der Waals surface area contributed by atoms with Crippen LogP contribution in [0.5, 0.6) is 0 Å². The van der Waals surface area contributed by atoms with Crippen LogP contribution in [0.2, 0.25) is 15.1 Å². The van der Waals surface area contributed by atoms with E-state index in [9.17, 15) is 13.2 Å². The van der Waals surface area contributed by atoms with Crippen molar-refractivity contribution in [2.45, 2.75) is 4.90 Å². The molecule has 3 aromatic rings. The summed E-state index contributed by atoms with van der Waals surface area (Å²) in [5.74, 6) is -0.566. The lowest BCUT2D eigenvalue weighted by Crippen LogP contribution is -2.38. The summed E-state index contributed by atoms with van der Waals surface area (Å²) >= 11 is 21.5. The Labute approximate surface area is 197 Å². The second-order valence-corrected chi connectivity index (χ2v) is 10.1. The lowest BCUT2D eigenvalue weighted by Gasteiger charge is -2.24. The third-order valence-corrected chi connectivity index (χ3v) is 7.41. The lowest BCUT2D eigenvalue weighted by molar-refractivity contribution is -0.114. The van der Waals surface area contributed by atoms with Gasteiger partial charge in [0.2, 0.25) is 5.91 Å². The molecule has 3 rings (SSSR count). The molecule has 0 bridgehead atoms. The van der Waals surface area contributed by atoms with Crippen LogP contribution in [0.1, 0.15) is 0 Å². The van der Waals surface area contributed by atoms with Gasteiger partial charge in [-0.3, -0.25) is 9.10 Å². The molecule has 3 aromatic carbocycles. The van der Waals surface area contributed by atoms with E-state index in [4.69, 9.17) is 34.8 Å². The fourth-order valence-corrected chi connectivity index (χ4v) is 4.99. The number of rotatable bonds is 6. The van der Waals surface area contributed by atoms with Gasteiger partial charge in [-0.25, -0.2) is 8.42 Å². The maximum absolute atomic E-state index is 13.3. The normalized spacial score (nSPS) is 11.2. The molecular formula is C20H14BrCl3N2O3S. The molecule has 0 fully saturated rings. The Morgan fingerprint density at radius 1 is 0.933 bits per heavy atom. The molecule has 1 N–H and O–H groups in total. The summed E-state index contributed by atoms with van der Waals surface area (Å²) < 4.78 is 28.2. The van der Waals surface area contributed by atoms with Crippen molar-refractivity contribution in [2.75, 3.05) is 16.2 Å². The second-order valence-electron chi connectivity index (χ2n) is 6.13. The van der Waals surface area contributed by atoms with Crippen molar-refractivity contribution < 1.29 is 13.2 Å². The molecule has 0 aliphatic heterocycles. The molecule has 0 aliphatic carbocycles. The van der Waals surface area contributed by atoms with Gasteiger partial charge >= 0.3 is 0 Å². The minimum atomic E-state index is -4.07. The Balaban J connectivity index is 1.97. The molecule has 0 saturated carbocycles. The van der Waals surface area contributed by atoms with Gasteiger partial charge in [-0.15, -0.1) is 0 Å². The number of benzene rings is 3. The van der Waals surface area contributed by atoms with Crippen molar-refractivity contribution >= 4 is 78.0 Å². The van der Waals surface area contributed by atoms with Crippen molar-refractivity contribution in [3.8, 4) is 0 Å². The van der Waals surface area contributed by atoms with E-state index in [2.05, 4.69) is 21.2 Å². The van der Waals surface area contributed by atoms with E-state index in [-0.39, 0.29) is 20.6 Å². The standard InChI is InChI=1S/C20H14BrCl3N2O3S/c21-18-7-6-15(11-19(18)24)25-20(27)12-26(16-9-13(22)8-14(23)10-16)30(28,29)17-4-2-1-3-5-17/h1-11H,12H2,(H,25,27). The van der Waals surface area contributed by atoms with E-state index < -0.39 is 22.5 Å². The van der Waals surface area contributed by atoms with Crippen LogP contribution in [0, 0.1) is 0 Å². The van der Waals surface area contributed by atoms with E-state index in [0.29, 0.717) is 15.2 Å². The third kappa shape index (κ3) is 5.47. The molecule has 0 saturated heterocycles. The van der Waals surface area contributed by atoms with Crippen LogP contribution in [-0.2, 0) is 14.8 Å². The molecule has 0 unspecified atom stereocenters. The first-order chi connectivity index (χ1) is 14.2. The summed E-state index contributed by atoms with van der Waals surface area (Å²) in [4.78, 5) is 12.7. The van der Waals surface area contributed by atoms with Gasteiger partial charge in [0.05, 0.1) is 15.6 Å². The van der Waals surface area contributed by atoms with Crippen LogP contribution in [0.3, 0.4) is 0 Å². The van der Waals surface area contributed by atoms with Crippen LogP contribution in [-0.4, -0.2) is 20.9 Å². The van der Waals surface area contributed by atoms with E-state index in [1.807, 2.05) is 0 Å². The van der Waals surface area contributed by atoms with Crippen LogP contribution < -0.4 is 9.62 Å². The molecule has 0 spiro atoms. The van der Waals surface area contributed by atoms with Crippen molar-refractivity contribution in [1.82, 2.24) is 0 Å². The largest absolute Gasteiger partial charge is 0.324 e. The molecule has 0 aromatic heterocycles. The molecule has 0 atom stereocenters. The number of hydrogen-bond acceptors (Lipinski definition) is 3. The summed E-state index contributed by atoms with van der Waals surface area (Å²) in [5, 5.41) is 3.54. The zero-order valence-corrected chi connectivity index (χ0v) is 19.8. The smallest absolute Gasteiger partial charge is 0.264 e. The summed E-state index contributed by atoms with van der Waals surface area (Å²) in [6.07, 6.45) is 0. The predicted octanol–water partition coefficient (Wildman–Crippen LogP) is 6.24. The molecule has 30 heavy (non-hydrogen) atoms. The number of anilines is 2. The van der Waals surface area contributed by atoms with E-state index in [1.165, 1.54) is 30.3 Å². The summed E-state index contributed by atoms with van der Waals surface area (Å²) in [6.45, 7) is -0.498. The highest BCUT2D eigenvalue weighted by molar-refractivity contribution is 9.10. The predicted molar refractivity (Wildman–Crippen MR) is 125 cm³/mol. The number of hydrogen-bond donors (Lipinski definition) is 1. The van der Waals surface area contributed by atoms with Gasteiger partial charge in [0, 0.05) is 20.2 Å². The van der Waals surface area contributed by atoms with Gasteiger partial charge in [0.25, 0.3) is 10.0 Å². The first kappa shape index (κ1) is 22.9. The number of halogens is 4. The van der Waals surface area contributed by atoms with Gasteiger partial charge in [-0.1, -0.05) is 53.0 Å². The van der Waals surface area contributed by atoms with E-state index in [1.54, 1.807) is 36.4 Å². The second kappa shape index (κ2) is 9.58. The van der Waals surface area contributed by atoms with Crippen LogP contribution >= 0.6 is 50.7 Å². The molecule has 0 aliphatic rings. The zero-order chi connectivity index (χ0) is 21.9. The van der Waals surface area contributed by atoms with Crippen molar-refractivity contribution in [2.24, 2.45) is 0 Å². The summed E-state index contributed by atoms with van der Waals surface area (Å²) in [7, 11) is -4.07. The monoisotopic (exact) mass is 546 g/mol. The Kier molecular flexibility index (Phi) is 7.31. The fraction of sp³-hybridized carbons (Fsp3) is 0.0500. The average Bonchev–Trinajstić information content (AvgIpc) is 2.69. The Bertz CT molecular complexity index is 1170. The number of nitrogens with one attached hydrogen (secondary N) is 1. The zero-order valence-electron chi connectivity index (χ0n) is 15.2. The van der Waals surface area contributed by atoms with Gasteiger partial charge < -0.3 is 5.32 Å². The van der Waals surface area contributed by atoms with Crippen molar-refractivity contribution in [3.63, 3.8) is 0 Å². The van der Waals surface area contributed by atoms with Crippen molar-refractivity contribution in [3.05, 3.63) is 86.3 Å². The molecule has 0 heterocycles. The number of sulfonamides is 1. The number of carbonyl (C=O) groups excluding carboxylic acids is 1. The van der Waals surface area contributed by atoms with E-state index >= 15 is 0 Å². The minimum Gasteiger partial charge on any atom is -0.324 e. The highest BCUT2D eigenvalue weighted by atomic mass is 79.9. The topological polar surface area (TPSA) is 66.5 Å². The number of amides is 1. The molecule has 5 nitrogen and oxygen atoms in total. The minimum absolute atomic E-state index is 0.0283. The highest BCUT2D eigenvalue weighted by Gasteiger charge is 2.27. The van der Waals surface area contributed by atoms with Crippen LogP contribution in [0.15, 0.2) is 76.1 Å². The van der Waals surface area contributed by atoms with Gasteiger partial charge in [0.15, 0.2) is 0 Å². The molecular weight excluding hydrogens is 535 g/mol. The molecule has 156 valence electrons. The first-order valence-electron chi connectivity index (χ1n) is 8.45.